The van der Waals surface area contributed by atoms with Crippen molar-refractivity contribution in [2.75, 3.05) is 13.2 Å². The number of hydrogen-bond acceptors (Lipinski definition) is 2. The predicted molar refractivity (Wildman–Crippen MR) is 69.0 cm³/mol. The molecule has 1 aromatic rings. The first-order valence-corrected chi connectivity index (χ1v) is 6.52. The molecule has 2 atom stereocenters. The molecular formula is C15H22O2. The molecule has 1 aliphatic rings. The molecule has 2 rings (SSSR count). The van der Waals surface area contributed by atoms with Gasteiger partial charge < -0.3 is 9.47 Å². The summed E-state index contributed by atoms with van der Waals surface area (Å²) in [5.41, 5.74) is 0.689. The fraction of sp³-hybridized carbons (Fsp3) is 0.600. The molecule has 1 aliphatic heterocycles. The van der Waals surface area contributed by atoms with Crippen LogP contribution in [0.3, 0.4) is 0 Å². The summed E-state index contributed by atoms with van der Waals surface area (Å²) in [5.74, 6) is 0. The lowest BCUT2D eigenvalue weighted by molar-refractivity contribution is -0.263. The molecular weight excluding hydrogens is 212 g/mol. The predicted octanol–water partition coefficient (Wildman–Crippen LogP) is 3.51. The van der Waals surface area contributed by atoms with E-state index < -0.39 is 0 Å². The van der Waals surface area contributed by atoms with E-state index in [4.69, 9.17) is 9.47 Å². The highest BCUT2D eigenvalue weighted by atomic mass is 16.6. The van der Waals surface area contributed by atoms with Gasteiger partial charge in [-0.15, -0.1) is 0 Å². The van der Waals surface area contributed by atoms with Gasteiger partial charge in [0.2, 0.25) is 0 Å². The summed E-state index contributed by atoms with van der Waals surface area (Å²) in [6, 6.07) is 10.5. The van der Waals surface area contributed by atoms with Crippen molar-refractivity contribution in [1.29, 1.82) is 0 Å². The maximum absolute atomic E-state index is 6.18. The molecule has 0 N–H and O–H groups in total. The molecule has 2 heteroatoms. The van der Waals surface area contributed by atoms with E-state index in [9.17, 15) is 0 Å². The van der Waals surface area contributed by atoms with E-state index in [1.165, 1.54) is 5.56 Å². The minimum atomic E-state index is -0.304. The number of hydrogen-bond donors (Lipinski definition) is 0. The van der Waals surface area contributed by atoms with Gasteiger partial charge >= 0.3 is 0 Å². The Morgan fingerprint density at radius 2 is 1.65 bits per heavy atom. The molecule has 1 saturated heterocycles. The summed E-state index contributed by atoms with van der Waals surface area (Å²) < 4.78 is 12.2. The largest absolute Gasteiger partial charge is 0.370 e. The Balaban J connectivity index is 2.47. The van der Waals surface area contributed by atoms with Crippen molar-refractivity contribution in [3.05, 3.63) is 35.9 Å². The minimum Gasteiger partial charge on any atom is -0.370 e. The Morgan fingerprint density at radius 3 is 2.24 bits per heavy atom. The standard InChI is InChI=1S/C15H22O2/c1-4-14(3)15(5-2,17-12-11-16-14)13-9-7-6-8-10-13/h6-10H,4-5,11-12H2,1-3H3. The van der Waals surface area contributed by atoms with Gasteiger partial charge in [-0.2, -0.15) is 0 Å². The van der Waals surface area contributed by atoms with E-state index in [0.717, 1.165) is 12.8 Å². The minimum absolute atomic E-state index is 0.235. The van der Waals surface area contributed by atoms with Crippen LogP contribution in [0.2, 0.25) is 0 Å². The number of ether oxygens (including phenoxy) is 2. The lowest BCUT2D eigenvalue weighted by Crippen LogP contribution is -2.56. The topological polar surface area (TPSA) is 18.5 Å². The van der Waals surface area contributed by atoms with E-state index >= 15 is 0 Å². The van der Waals surface area contributed by atoms with Crippen molar-refractivity contribution >= 4 is 0 Å². The van der Waals surface area contributed by atoms with Crippen molar-refractivity contribution in [3.63, 3.8) is 0 Å². The van der Waals surface area contributed by atoms with Gasteiger partial charge in [-0.3, -0.25) is 0 Å². The molecule has 2 unspecified atom stereocenters. The Morgan fingerprint density at radius 1 is 1.00 bits per heavy atom. The van der Waals surface area contributed by atoms with Crippen LogP contribution < -0.4 is 0 Å². The van der Waals surface area contributed by atoms with Crippen LogP contribution >= 0.6 is 0 Å². The molecule has 0 aromatic heterocycles. The van der Waals surface area contributed by atoms with E-state index in [1.807, 2.05) is 6.07 Å². The Labute approximate surface area is 104 Å². The highest BCUT2D eigenvalue weighted by Gasteiger charge is 2.51. The van der Waals surface area contributed by atoms with Crippen LogP contribution in [0.5, 0.6) is 0 Å². The Kier molecular flexibility index (Phi) is 3.55. The van der Waals surface area contributed by atoms with Gasteiger partial charge in [0.1, 0.15) is 5.60 Å². The second-order valence-corrected chi connectivity index (χ2v) is 4.83. The summed E-state index contributed by atoms with van der Waals surface area (Å²) in [5, 5.41) is 0. The zero-order chi connectivity index (χ0) is 12.4. The summed E-state index contributed by atoms with van der Waals surface area (Å²) in [4.78, 5) is 0. The smallest absolute Gasteiger partial charge is 0.121 e. The van der Waals surface area contributed by atoms with E-state index in [1.54, 1.807) is 0 Å². The molecule has 0 aliphatic carbocycles. The molecule has 2 nitrogen and oxygen atoms in total. The first-order chi connectivity index (χ1) is 8.18. The summed E-state index contributed by atoms with van der Waals surface area (Å²) in [6.07, 6.45) is 1.89. The molecule has 0 saturated carbocycles. The third-order valence-electron chi connectivity index (χ3n) is 4.12. The third kappa shape index (κ3) is 1.90. The number of rotatable bonds is 3. The van der Waals surface area contributed by atoms with Gasteiger partial charge in [-0.05, 0) is 25.3 Å². The van der Waals surface area contributed by atoms with E-state index in [-0.39, 0.29) is 11.2 Å². The van der Waals surface area contributed by atoms with Crippen molar-refractivity contribution in [2.24, 2.45) is 0 Å². The summed E-state index contributed by atoms with van der Waals surface area (Å²) in [6.45, 7) is 7.89. The first-order valence-electron chi connectivity index (χ1n) is 6.52. The van der Waals surface area contributed by atoms with Crippen LogP contribution in [-0.4, -0.2) is 18.8 Å². The van der Waals surface area contributed by atoms with Crippen LogP contribution in [0.25, 0.3) is 0 Å². The van der Waals surface area contributed by atoms with Crippen LogP contribution in [0.15, 0.2) is 30.3 Å². The van der Waals surface area contributed by atoms with Crippen molar-refractivity contribution in [3.8, 4) is 0 Å². The molecule has 17 heavy (non-hydrogen) atoms. The van der Waals surface area contributed by atoms with E-state index in [2.05, 4.69) is 45.0 Å². The average molecular weight is 234 g/mol. The third-order valence-corrected chi connectivity index (χ3v) is 4.12. The Hall–Kier alpha value is -0.860. The highest BCUT2D eigenvalue weighted by molar-refractivity contribution is 5.27. The molecule has 0 radical (unpaired) electrons. The quantitative estimate of drug-likeness (QED) is 0.797. The molecule has 1 heterocycles. The fourth-order valence-corrected chi connectivity index (χ4v) is 2.92. The molecule has 0 bridgehead atoms. The summed E-state index contributed by atoms with van der Waals surface area (Å²) in [7, 11) is 0. The molecule has 1 aromatic carbocycles. The number of benzene rings is 1. The van der Waals surface area contributed by atoms with Gasteiger partial charge in [0.05, 0.1) is 18.8 Å². The second kappa shape index (κ2) is 4.79. The average Bonchev–Trinajstić information content (AvgIpc) is 2.40. The van der Waals surface area contributed by atoms with Crippen molar-refractivity contribution in [2.45, 2.75) is 44.8 Å². The summed E-state index contributed by atoms with van der Waals surface area (Å²) >= 11 is 0. The SMILES string of the molecule is CCC1(C)OCCOC1(CC)c1ccccc1. The van der Waals surface area contributed by atoms with Crippen molar-refractivity contribution < 1.29 is 9.47 Å². The normalized spacial score (nSPS) is 33.6. The van der Waals surface area contributed by atoms with Crippen LogP contribution in [0.1, 0.15) is 39.2 Å². The Bertz CT molecular complexity index is 362. The van der Waals surface area contributed by atoms with Gasteiger partial charge in [-0.1, -0.05) is 44.2 Å². The monoisotopic (exact) mass is 234 g/mol. The van der Waals surface area contributed by atoms with Gasteiger partial charge in [0, 0.05) is 0 Å². The van der Waals surface area contributed by atoms with Gasteiger partial charge in [-0.25, -0.2) is 0 Å². The lowest BCUT2D eigenvalue weighted by atomic mass is 9.74. The van der Waals surface area contributed by atoms with Gasteiger partial charge in [0.15, 0.2) is 0 Å². The zero-order valence-electron chi connectivity index (χ0n) is 11.0. The highest BCUT2D eigenvalue weighted by Crippen LogP contribution is 2.46. The second-order valence-electron chi connectivity index (χ2n) is 4.83. The lowest BCUT2D eigenvalue weighted by Gasteiger charge is -2.51. The zero-order valence-corrected chi connectivity index (χ0v) is 11.0. The van der Waals surface area contributed by atoms with Crippen LogP contribution in [0, 0.1) is 0 Å². The fourth-order valence-electron chi connectivity index (χ4n) is 2.92. The van der Waals surface area contributed by atoms with E-state index in [0.29, 0.717) is 13.2 Å². The molecule has 94 valence electrons. The molecule has 0 amide bonds. The molecule has 0 spiro atoms. The van der Waals surface area contributed by atoms with Crippen LogP contribution in [-0.2, 0) is 15.1 Å². The van der Waals surface area contributed by atoms with Crippen LogP contribution in [0.4, 0.5) is 0 Å². The maximum Gasteiger partial charge on any atom is 0.121 e. The van der Waals surface area contributed by atoms with Crippen molar-refractivity contribution in [1.82, 2.24) is 0 Å². The molecule has 1 fully saturated rings. The first kappa shape index (κ1) is 12.6. The van der Waals surface area contributed by atoms with Gasteiger partial charge in [0.25, 0.3) is 0 Å². The maximum atomic E-state index is 6.18.